The molecule has 1 saturated carbocycles. The second-order valence-electron chi connectivity index (χ2n) is 26.3. The van der Waals surface area contributed by atoms with E-state index in [-0.39, 0.29) is 60.3 Å². The predicted molar refractivity (Wildman–Crippen MR) is 335 cm³/mol. The number of anilines is 3. The average Bonchev–Trinajstić information content (AvgIpc) is 1.39. The Hall–Kier alpha value is -7.65. The molecule has 454 valence electrons. The van der Waals surface area contributed by atoms with Gasteiger partial charge in [0.05, 0.1) is 57.4 Å². The first-order valence-electron chi connectivity index (χ1n) is 29.8. The van der Waals surface area contributed by atoms with Crippen LogP contribution in [0.1, 0.15) is 115 Å². The summed E-state index contributed by atoms with van der Waals surface area (Å²) in [7, 11) is 1.61. The summed E-state index contributed by atoms with van der Waals surface area (Å²) in [5.41, 5.74) is 6.07. The van der Waals surface area contributed by atoms with Crippen molar-refractivity contribution in [3.63, 3.8) is 0 Å². The fourth-order valence-corrected chi connectivity index (χ4v) is 13.4. The molecule has 0 bridgehead atoms. The number of benzene rings is 3. The number of amides is 3. The van der Waals surface area contributed by atoms with Crippen LogP contribution >= 0.6 is 11.3 Å². The third-order valence-electron chi connectivity index (χ3n) is 17.1. The van der Waals surface area contributed by atoms with Crippen molar-refractivity contribution in [3.05, 3.63) is 146 Å². The minimum atomic E-state index is -0.921. The number of aliphatic hydroxyl groups excluding tert-OH is 2. The number of carbonyl (C=O) groups is 3. The van der Waals surface area contributed by atoms with E-state index in [9.17, 15) is 34.2 Å². The highest BCUT2D eigenvalue weighted by molar-refractivity contribution is 7.13. The molecule has 3 aliphatic rings. The number of nitrogens with one attached hydrogen (secondary N) is 3. The molecule has 3 aromatic carbocycles. The molecule has 10 rings (SSSR count). The van der Waals surface area contributed by atoms with E-state index >= 15 is 4.39 Å². The monoisotopic (exact) mass is 1190 g/mol. The molecule has 1 unspecified atom stereocenters. The van der Waals surface area contributed by atoms with Crippen LogP contribution in [-0.4, -0.2) is 119 Å². The summed E-state index contributed by atoms with van der Waals surface area (Å²) in [6.07, 6.45) is 8.08. The molecule has 2 aliphatic heterocycles. The number of piperazine rings is 1. The summed E-state index contributed by atoms with van der Waals surface area (Å²) in [6, 6.07) is 20.1. The van der Waals surface area contributed by atoms with Crippen LogP contribution in [0.25, 0.3) is 38.2 Å². The van der Waals surface area contributed by atoms with Crippen LogP contribution in [0.2, 0.25) is 0 Å². The minimum absolute atomic E-state index is 0.000383. The van der Waals surface area contributed by atoms with Crippen LogP contribution in [0.3, 0.4) is 0 Å². The zero-order valence-electron chi connectivity index (χ0n) is 50.7. The molecule has 3 amide bonds. The number of β-amino-alcohol motifs (C(OH)–C–C–N with tert-alkyl or cyclic N) is 1. The first kappa shape index (κ1) is 61.4. The lowest BCUT2D eigenvalue weighted by Gasteiger charge is -2.40. The molecule has 4 aromatic heterocycles. The van der Waals surface area contributed by atoms with E-state index in [1.54, 1.807) is 61.2 Å². The first-order chi connectivity index (χ1) is 40.8. The van der Waals surface area contributed by atoms with Crippen LogP contribution in [0.15, 0.2) is 106 Å². The molecule has 3 atom stereocenters. The third-order valence-corrected chi connectivity index (χ3v) is 18.1. The molecule has 1 aliphatic carbocycles. The summed E-state index contributed by atoms with van der Waals surface area (Å²) in [6.45, 7) is 20.3. The normalized spacial score (nSPS) is 17.3. The molecule has 6 heterocycles. The number of hydrogen-bond donors (Lipinski definition) is 5. The standard InChI is InChI=1S/C66H80FN11O7S/c1-40-57(86-39-70-40)43-15-13-41(14-16-43)33-69-60(82)53-31-47(80)35-78(53)62(84)58(64(2,3)4)73-55(81)32-66(7,8)38-65(5,6)22-24-75-25-27-76(28-26-75)46-19-20-54(68-34-46)72-59-63(85)74(9)36-51(71-59)48-11-10-12-52(49(48)37-79)77-23-21-44-29-45(42-17-18-42)30-50(67)56(44)61(77)83/h10-16,19-21,23,29-30,34,36,39,42,47,53,58,79-80H,17-18,22,24-28,31-33,35,37-38H2,1-9H3,(H,69,82)(H,73,81)(H,68,71,72)/t47-,53+,58?/m1/s1. The van der Waals surface area contributed by atoms with Gasteiger partial charge in [-0.3, -0.25) is 33.4 Å². The van der Waals surface area contributed by atoms with Gasteiger partial charge < -0.3 is 40.5 Å². The molecule has 2 saturated heterocycles. The highest BCUT2D eigenvalue weighted by Crippen LogP contribution is 2.42. The maximum absolute atomic E-state index is 15.5. The Bertz CT molecular complexity index is 3770. The second-order valence-corrected chi connectivity index (χ2v) is 27.2. The molecule has 7 aromatic rings. The van der Waals surface area contributed by atoms with Crippen molar-refractivity contribution >= 4 is 57.2 Å². The van der Waals surface area contributed by atoms with Gasteiger partial charge in [0.25, 0.3) is 11.1 Å². The maximum atomic E-state index is 15.5. The predicted octanol–water partition coefficient (Wildman–Crippen LogP) is 8.98. The van der Waals surface area contributed by atoms with E-state index in [1.807, 2.05) is 75.7 Å². The maximum Gasteiger partial charge on any atom is 0.293 e. The largest absolute Gasteiger partial charge is 0.392 e. The van der Waals surface area contributed by atoms with Crippen molar-refractivity contribution in [3.8, 4) is 27.4 Å². The van der Waals surface area contributed by atoms with Crippen molar-refractivity contribution in [2.75, 3.05) is 49.5 Å². The number of carbonyl (C=O) groups excluding carboxylic acids is 3. The first-order valence-corrected chi connectivity index (χ1v) is 30.6. The Morgan fingerprint density at radius 2 is 1.64 bits per heavy atom. The quantitative estimate of drug-likeness (QED) is 0.0482. The fraction of sp³-hybridized carbons (Fsp3) is 0.455. The molecular weight excluding hydrogens is 1110 g/mol. The number of aromatic nitrogens is 5. The molecule has 20 heteroatoms. The van der Waals surface area contributed by atoms with Gasteiger partial charge in [0.2, 0.25) is 17.7 Å². The number of halogens is 1. The van der Waals surface area contributed by atoms with Gasteiger partial charge in [-0.2, -0.15) is 0 Å². The lowest BCUT2D eigenvalue weighted by atomic mass is 9.71. The van der Waals surface area contributed by atoms with E-state index in [0.29, 0.717) is 39.6 Å². The molecule has 0 spiro atoms. The van der Waals surface area contributed by atoms with Crippen LogP contribution in [0.4, 0.5) is 21.7 Å². The number of aliphatic hydroxyl groups is 2. The topological polar surface area (TPSA) is 220 Å². The van der Waals surface area contributed by atoms with Crippen LogP contribution in [-0.2, 0) is 34.6 Å². The molecule has 0 radical (unpaired) electrons. The van der Waals surface area contributed by atoms with Crippen LogP contribution in [0, 0.1) is 29.0 Å². The summed E-state index contributed by atoms with van der Waals surface area (Å²) in [5, 5.41) is 31.2. The van der Waals surface area contributed by atoms with Crippen molar-refractivity contribution in [1.29, 1.82) is 0 Å². The number of thiazole rings is 1. The Balaban J connectivity index is 0.702. The van der Waals surface area contributed by atoms with Crippen molar-refractivity contribution in [2.24, 2.45) is 23.3 Å². The van der Waals surface area contributed by atoms with Crippen molar-refractivity contribution in [1.82, 2.24) is 44.5 Å². The summed E-state index contributed by atoms with van der Waals surface area (Å²) < 4.78 is 18.2. The number of pyridine rings is 2. The van der Waals surface area contributed by atoms with E-state index in [4.69, 9.17) is 4.98 Å². The number of nitrogens with zero attached hydrogens (tertiary/aromatic N) is 8. The van der Waals surface area contributed by atoms with Crippen molar-refractivity contribution < 1.29 is 29.0 Å². The highest BCUT2D eigenvalue weighted by atomic mass is 32.1. The second kappa shape index (κ2) is 25.0. The number of fused-ring (bicyclic) bond motifs is 1. The Morgan fingerprint density at radius 1 is 0.895 bits per heavy atom. The number of rotatable bonds is 20. The Kier molecular flexibility index (Phi) is 17.8. The Morgan fingerprint density at radius 3 is 2.30 bits per heavy atom. The van der Waals surface area contributed by atoms with Gasteiger partial charge in [0, 0.05) is 82.7 Å². The highest BCUT2D eigenvalue weighted by Gasteiger charge is 2.45. The van der Waals surface area contributed by atoms with E-state index in [1.165, 1.54) is 20.1 Å². The molecule has 5 N–H and O–H groups in total. The summed E-state index contributed by atoms with van der Waals surface area (Å²) in [5.74, 6) is -0.786. The average molecular weight is 1190 g/mol. The smallest absolute Gasteiger partial charge is 0.293 e. The van der Waals surface area contributed by atoms with Gasteiger partial charge in [-0.1, -0.05) is 90.9 Å². The minimum Gasteiger partial charge on any atom is -0.392 e. The molecular formula is C66H80FN11O7S. The van der Waals surface area contributed by atoms with Crippen LogP contribution in [0.5, 0.6) is 0 Å². The van der Waals surface area contributed by atoms with Crippen LogP contribution < -0.4 is 32.0 Å². The molecule has 3 fully saturated rings. The van der Waals surface area contributed by atoms with Gasteiger partial charge >= 0.3 is 0 Å². The summed E-state index contributed by atoms with van der Waals surface area (Å²) >= 11 is 1.58. The molecule has 18 nitrogen and oxygen atoms in total. The van der Waals surface area contributed by atoms with Gasteiger partial charge in [-0.15, -0.1) is 11.3 Å². The van der Waals surface area contributed by atoms with Gasteiger partial charge in [0.15, 0.2) is 5.82 Å². The van der Waals surface area contributed by atoms with Gasteiger partial charge in [-0.25, -0.2) is 19.3 Å². The Labute approximate surface area is 505 Å². The fourth-order valence-electron chi connectivity index (χ4n) is 12.5. The summed E-state index contributed by atoms with van der Waals surface area (Å²) in [4.78, 5) is 90.4. The number of hydrogen-bond acceptors (Lipinski definition) is 14. The van der Waals surface area contributed by atoms with E-state index < -0.39 is 52.6 Å². The lowest BCUT2D eigenvalue weighted by Crippen LogP contribution is -2.58. The van der Waals surface area contributed by atoms with Crippen molar-refractivity contribution in [2.45, 2.75) is 131 Å². The number of aryl methyl sites for hydroxylation is 2. The lowest BCUT2D eigenvalue weighted by molar-refractivity contribution is -0.144. The zero-order chi connectivity index (χ0) is 61.4. The third kappa shape index (κ3) is 13.9. The zero-order valence-corrected chi connectivity index (χ0v) is 51.6. The van der Waals surface area contributed by atoms with E-state index in [0.717, 1.165) is 91.4 Å². The number of likely N-dealkylation sites (tertiary alicyclic amines) is 1. The SMILES string of the molecule is Cc1ncsc1-c1ccc(CNC(=O)[C@@H]2C[C@@H](O)CN2C(=O)C(NC(=O)CC(C)(C)CC(C)(C)CCN2CCN(c3ccc(Nc4nc(-c5cccc(-n6ccc7cc(C8CC8)cc(F)c7c6=O)c5CO)cn(C)c4=O)nc3)CC2)C(C)(C)C)cc1. The van der Waals surface area contributed by atoms with E-state index in [2.05, 4.69) is 63.4 Å². The van der Waals surface area contributed by atoms with Gasteiger partial charge in [-0.05, 0) is 114 Å². The molecule has 86 heavy (non-hydrogen) atoms. The van der Waals surface area contributed by atoms with Gasteiger partial charge in [0.1, 0.15) is 23.7 Å².